The van der Waals surface area contributed by atoms with Gasteiger partial charge in [-0.2, -0.15) is 0 Å². The van der Waals surface area contributed by atoms with Gasteiger partial charge in [-0.1, -0.05) is 58.0 Å². The van der Waals surface area contributed by atoms with Crippen molar-refractivity contribution in [1.82, 2.24) is 9.97 Å². The SMILES string of the molecule is CC(C)c1ccnc(C(C)C)c1N.CNc1ccc(OC)c(S)c1.O=Cc1ncc(-c2ccccc2)o1. The normalized spacial score (nSPS) is 10.2. The van der Waals surface area contributed by atoms with Gasteiger partial charge in [0.2, 0.25) is 6.29 Å². The number of anilines is 2. The molecular weight excluding hydrogens is 484 g/mol. The van der Waals surface area contributed by atoms with Crippen LogP contribution in [-0.2, 0) is 0 Å². The number of rotatable bonds is 6. The van der Waals surface area contributed by atoms with E-state index in [4.69, 9.17) is 14.9 Å². The maximum Gasteiger partial charge on any atom is 0.260 e. The van der Waals surface area contributed by atoms with Crippen LogP contribution in [0.3, 0.4) is 0 Å². The largest absolute Gasteiger partial charge is 0.496 e. The molecule has 0 amide bonds. The quantitative estimate of drug-likeness (QED) is 0.184. The number of nitrogen functional groups attached to an aromatic ring is 1. The molecule has 0 aliphatic heterocycles. The Hall–Kier alpha value is -3.78. The number of carbonyl (C=O) groups is 1. The maximum absolute atomic E-state index is 10.3. The highest BCUT2D eigenvalue weighted by Gasteiger charge is 2.11. The van der Waals surface area contributed by atoms with Gasteiger partial charge in [0.05, 0.1) is 24.7 Å². The summed E-state index contributed by atoms with van der Waals surface area (Å²) < 4.78 is 10.2. The van der Waals surface area contributed by atoms with E-state index >= 15 is 0 Å². The zero-order chi connectivity index (χ0) is 27.4. The van der Waals surface area contributed by atoms with Gasteiger partial charge in [0, 0.05) is 29.4 Å². The van der Waals surface area contributed by atoms with Crippen molar-refractivity contribution in [2.45, 2.75) is 44.4 Å². The highest BCUT2D eigenvalue weighted by molar-refractivity contribution is 7.80. The van der Waals surface area contributed by atoms with Crippen molar-refractivity contribution < 1.29 is 13.9 Å². The minimum atomic E-state index is 0.110. The first kappa shape index (κ1) is 29.5. The van der Waals surface area contributed by atoms with Crippen LogP contribution in [0.25, 0.3) is 11.3 Å². The molecule has 2 heterocycles. The molecule has 2 aromatic carbocycles. The lowest BCUT2D eigenvalue weighted by Gasteiger charge is -2.14. The fourth-order valence-electron chi connectivity index (χ4n) is 3.39. The third kappa shape index (κ3) is 8.68. The van der Waals surface area contributed by atoms with Gasteiger partial charge in [-0.15, -0.1) is 12.6 Å². The summed E-state index contributed by atoms with van der Waals surface area (Å²) in [7, 11) is 3.50. The second-order valence-corrected chi connectivity index (χ2v) is 9.17. The van der Waals surface area contributed by atoms with Gasteiger partial charge >= 0.3 is 0 Å². The number of nitrogens with two attached hydrogens (primary N) is 1. The van der Waals surface area contributed by atoms with Gasteiger partial charge < -0.3 is 20.2 Å². The summed E-state index contributed by atoms with van der Waals surface area (Å²) in [5.74, 6) is 2.40. The van der Waals surface area contributed by atoms with E-state index < -0.39 is 0 Å². The van der Waals surface area contributed by atoms with E-state index in [0.717, 1.165) is 33.3 Å². The third-order valence-corrected chi connectivity index (χ3v) is 5.72. The number of oxazole rings is 1. The zero-order valence-corrected chi connectivity index (χ0v) is 23.1. The molecule has 0 radical (unpaired) electrons. The molecule has 0 aliphatic carbocycles. The van der Waals surface area contributed by atoms with Crippen molar-refractivity contribution >= 4 is 30.3 Å². The van der Waals surface area contributed by atoms with E-state index in [9.17, 15) is 4.79 Å². The molecule has 4 aromatic rings. The Balaban J connectivity index is 0.000000196. The average molecular weight is 521 g/mol. The Morgan fingerprint density at radius 1 is 1.03 bits per heavy atom. The molecule has 7 nitrogen and oxygen atoms in total. The molecule has 4 rings (SSSR count). The van der Waals surface area contributed by atoms with Crippen LogP contribution in [0, 0.1) is 0 Å². The number of benzene rings is 2. The third-order valence-electron chi connectivity index (χ3n) is 5.37. The highest BCUT2D eigenvalue weighted by Crippen LogP contribution is 2.27. The summed E-state index contributed by atoms with van der Waals surface area (Å²) >= 11 is 4.24. The molecule has 196 valence electrons. The van der Waals surface area contributed by atoms with Crippen molar-refractivity contribution in [2.24, 2.45) is 0 Å². The Labute approximate surface area is 224 Å². The number of aromatic nitrogens is 2. The van der Waals surface area contributed by atoms with E-state index in [1.165, 1.54) is 5.56 Å². The van der Waals surface area contributed by atoms with Crippen molar-refractivity contribution in [2.75, 3.05) is 25.2 Å². The minimum Gasteiger partial charge on any atom is -0.496 e. The van der Waals surface area contributed by atoms with E-state index in [2.05, 4.69) is 55.6 Å². The summed E-state index contributed by atoms with van der Waals surface area (Å²) in [5.41, 5.74) is 11.1. The molecule has 3 N–H and O–H groups in total. The van der Waals surface area contributed by atoms with E-state index in [-0.39, 0.29) is 5.89 Å². The minimum absolute atomic E-state index is 0.110. The number of methoxy groups -OCH3 is 1. The lowest BCUT2D eigenvalue weighted by Crippen LogP contribution is -2.04. The van der Waals surface area contributed by atoms with Gasteiger partial charge in [0.1, 0.15) is 5.75 Å². The number of pyridine rings is 1. The molecule has 0 saturated carbocycles. The van der Waals surface area contributed by atoms with E-state index in [0.29, 0.717) is 23.9 Å². The number of hydrogen-bond acceptors (Lipinski definition) is 8. The number of hydrogen-bond donors (Lipinski definition) is 3. The van der Waals surface area contributed by atoms with Gasteiger partial charge in [0.15, 0.2) is 5.76 Å². The smallest absolute Gasteiger partial charge is 0.260 e. The second-order valence-electron chi connectivity index (χ2n) is 8.69. The lowest BCUT2D eigenvalue weighted by molar-refractivity contribution is 0.109. The first-order valence-corrected chi connectivity index (χ1v) is 12.4. The summed E-state index contributed by atoms with van der Waals surface area (Å²) in [6.45, 7) is 8.52. The monoisotopic (exact) mass is 520 g/mol. The number of nitrogens with zero attached hydrogens (tertiary/aromatic N) is 2. The Bertz CT molecular complexity index is 1230. The van der Waals surface area contributed by atoms with Crippen LogP contribution in [0.2, 0.25) is 0 Å². The van der Waals surface area contributed by atoms with Gasteiger partial charge in [0.25, 0.3) is 5.89 Å². The zero-order valence-electron chi connectivity index (χ0n) is 22.2. The first-order valence-electron chi connectivity index (χ1n) is 12.0. The van der Waals surface area contributed by atoms with Crippen LogP contribution >= 0.6 is 12.6 Å². The molecule has 0 spiro atoms. The average Bonchev–Trinajstić information content (AvgIpc) is 3.39. The molecular formula is C29H36N4O3S. The van der Waals surface area contributed by atoms with Crippen LogP contribution in [-0.4, -0.2) is 30.4 Å². The fourth-order valence-corrected chi connectivity index (χ4v) is 3.70. The van der Waals surface area contributed by atoms with E-state index in [1.807, 2.05) is 67.8 Å². The molecule has 37 heavy (non-hydrogen) atoms. The predicted molar refractivity (Wildman–Crippen MR) is 154 cm³/mol. The maximum atomic E-state index is 10.3. The molecule has 0 unspecified atom stereocenters. The Morgan fingerprint density at radius 2 is 1.73 bits per heavy atom. The van der Waals surface area contributed by atoms with Gasteiger partial charge in [-0.25, -0.2) is 4.98 Å². The lowest BCUT2D eigenvalue weighted by atomic mass is 9.98. The van der Waals surface area contributed by atoms with Crippen molar-refractivity contribution in [1.29, 1.82) is 0 Å². The second kappa shape index (κ2) is 14.7. The van der Waals surface area contributed by atoms with Crippen molar-refractivity contribution in [3.63, 3.8) is 0 Å². The predicted octanol–water partition coefficient (Wildman–Crippen LogP) is 7.09. The molecule has 0 atom stereocenters. The first-order chi connectivity index (χ1) is 17.7. The number of aldehydes is 1. The number of carbonyl (C=O) groups excluding carboxylic acids is 1. The van der Waals surface area contributed by atoms with Crippen LogP contribution in [0.15, 0.2) is 76.3 Å². The molecule has 0 aliphatic rings. The number of nitrogens with one attached hydrogen (secondary N) is 1. The number of ether oxygens (including phenoxy) is 1. The van der Waals surface area contributed by atoms with Crippen molar-refractivity contribution in [3.05, 3.63) is 84.1 Å². The Kier molecular flexibility index (Phi) is 11.7. The van der Waals surface area contributed by atoms with Crippen LogP contribution in [0.1, 0.15) is 61.5 Å². The summed E-state index contributed by atoms with van der Waals surface area (Å²) in [4.78, 5) is 19.2. The summed E-state index contributed by atoms with van der Waals surface area (Å²) in [6, 6.07) is 17.3. The topological polar surface area (TPSA) is 103 Å². The van der Waals surface area contributed by atoms with Crippen LogP contribution in [0.5, 0.6) is 5.75 Å². The van der Waals surface area contributed by atoms with E-state index in [1.54, 1.807) is 13.3 Å². The van der Waals surface area contributed by atoms with Crippen molar-refractivity contribution in [3.8, 4) is 17.1 Å². The molecule has 8 heteroatoms. The van der Waals surface area contributed by atoms with Crippen LogP contribution in [0.4, 0.5) is 11.4 Å². The standard InChI is InChI=1S/C11H18N2.C10H7NO2.C8H11NOS/c1-7(2)9-5-6-13-11(8(3)4)10(9)12;12-7-10-11-6-9(13-10)8-4-2-1-3-5-8;1-9-6-3-4-7(10-2)8(11)5-6/h5-8H,12H2,1-4H3;1-7H;3-5,9,11H,1-2H3. The molecule has 2 aromatic heterocycles. The Morgan fingerprint density at radius 3 is 2.24 bits per heavy atom. The molecule has 0 fully saturated rings. The number of thiol groups is 1. The summed E-state index contributed by atoms with van der Waals surface area (Å²) in [5, 5.41) is 3.01. The van der Waals surface area contributed by atoms with Crippen LogP contribution < -0.4 is 15.8 Å². The van der Waals surface area contributed by atoms with Gasteiger partial charge in [-0.3, -0.25) is 9.78 Å². The highest BCUT2D eigenvalue weighted by atomic mass is 32.1. The van der Waals surface area contributed by atoms with Gasteiger partial charge in [-0.05, 0) is 41.7 Å². The fraction of sp³-hybridized carbons (Fsp3) is 0.276. The summed E-state index contributed by atoms with van der Waals surface area (Å²) in [6.07, 6.45) is 3.98. The molecule has 0 bridgehead atoms. The molecule has 0 saturated heterocycles.